The highest BCUT2D eigenvalue weighted by atomic mass is 32.1. The van der Waals surface area contributed by atoms with Crippen LogP contribution in [0.4, 0.5) is 0 Å². The molecular formula is C13H16N2O2S. The van der Waals surface area contributed by atoms with Gasteiger partial charge in [-0.3, -0.25) is 4.79 Å². The number of aromatic nitrogens is 1. The Kier molecular flexibility index (Phi) is 3.93. The summed E-state index contributed by atoms with van der Waals surface area (Å²) < 4.78 is 1.01. The van der Waals surface area contributed by atoms with Crippen LogP contribution in [-0.4, -0.2) is 28.6 Å². The zero-order chi connectivity index (χ0) is 13.1. The maximum atomic E-state index is 12.0. The van der Waals surface area contributed by atoms with E-state index in [9.17, 15) is 4.79 Å². The molecule has 1 aromatic carbocycles. The molecule has 0 aliphatic heterocycles. The highest BCUT2D eigenvalue weighted by Crippen LogP contribution is 2.21. The number of benzene rings is 1. The minimum absolute atomic E-state index is 0.0309. The van der Waals surface area contributed by atoms with Crippen molar-refractivity contribution in [2.45, 2.75) is 19.9 Å². The number of aliphatic hydroxyl groups is 1. The normalized spacial score (nSPS) is 14.4. The van der Waals surface area contributed by atoms with E-state index in [0.29, 0.717) is 5.01 Å². The zero-order valence-corrected chi connectivity index (χ0v) is 11.2. The van der Waals surface area contributed by atoms with Crippen molar-refractivity contribution in [1.82, 2.24) is 10.3 Å². The van der Waals surface area contributed by atoms with Gasteiger partial charge >= 0.3 is 0 Å². The minimum atomic E-state index is -0.177. The number of amides is 1. The van der Waals surface area contributed by atoms with Crippen LogP contribution in [0.1, 0.15) is 23.6 Å². The molecule has 2 unspecified atom stereocenters. The maximum absolute atomic E-state index is 12.0. The molecule has 2 atom stereocenters. The molecule has 4 nitrogen and oxygen atoms in total. The maximum Gasteiger partial charge on any atom is 0.280 e. The molecule has 1 amide bonds. The molecule has 18 heavy (non-hydrogen) atoms. The number of nitrogens with one attached hydrogen (secondary N) is 1. The highest BCUT2D eigenvalue weighted by molar-refractivity contribution is 7.20. The zero-order valence-electron chi connectivity index (χ0n) is 10.4. The van der Waals surface area contributed by atoms with Crippen molar-refractivity contribution in [3.8, 4) is 0 Å². The minimum Gasteiger partial charge on any atom is -0.396 e. The Morgan fingerprint density at radius 2 is 2.17 bits per heavy atom. The third kappa shape index (κ3) is 2.68. The van der Waals surface area contributed by atoms with Gasteiger partial charge in [-0.15, -0.1) is 11.3 Å². The van der Waals surface area contributed by atoms with Crippen LogP contribution in [0.15, 0.2) is 24.3 Å². The Hall–Kier alpha value is -1.46. The molecule has 2 N–H and O–H groups in total. The van der Waals surface area contributed by atoms with E-state index in [0.717, 1.165) is 10.2 Å². The third-order valence-electron chi connectivity index (χ3n) is 2.99. The van der Waals surface area contributed by atoms with Crippen molar-refractivity contribution in [3.63, 3.8) is 0 Å². The number of hydrogen-bond acceptors (Lipinski definition) is 4. The number of carbonyl (C=O) groups is 1. The van der Waals surface area contributed by atoms with Crippen molar-refractivity contribution in [3.05, 3.63) is 29.3 Å². The number of para-hydroxylation sites is 1. The first kappa shape index (κ1) is 13.0. The van der Waals surface area contributed by atoms with Gasteiger partial charge in [0.25, 0.3) is 5.91 Å². The first-order valence-corrected chi connectivity index (χ1v) is 6.70. The number of aliphatic hydroxyl groups excluding tert-OH is 1. The van der Waals surface area contributed by atoms with Gasteiger partial charge in [-0.1, -0.05) is 19.1 Å². The smallest absolute Gasteiger partial charge is 0.280 e. The van der Waals surface area contributed by atoms with Crippen LogP contribution in [0.2, 0.25) is 0 Å². The molecule has 0 bridgehead atoms. The summed E-state index contributed by atoms with van der Waals surface area (Å²) in [5.41, 5.74) is 0.843. The highest BCUT2D eigenvalue weighted by Gasteiger charge is 2.17. The van der Waals surface area contributed by atoms with E-state index >= 15 is 0 Å². The molecule has 0 radical (unpaired) electrons. The summed E-state index contributed by atoms with van der Waals surface area (Å²) >= 11 is 1.38. The van der Waals surface area contributed by atoms with Gasteiger partial charge in [-0.25, -0.2) is 4.98 Å². The van der Waals surface area contributed by atoms with E-state index in [-0.39, 0.29) is 24.5 Å². The number of carbonyl (C=O) groups excluding carboxylic acids is 1. The molecular weight excluding hydrogens is 248 g/mol. The van der Waals surface area contributed by atoms with Crippen LogP contribution in [0.5, 0.6) is 0 Å². The number of thiazole rings is 1. The summed E-state index contributed by atoms with van der Waals surface area (Å²) in [6, 6.07) is 7.60. The largest absolute Gasteiger partial charge is 0.396 e. The number of fused-ring (bicyclic) bond motifs is 1. The van der Waals surface area contributed by atoms with Crippen LogP contribution in [0, 0.1) is 5.92 Å². The molecule has 2 aromatic rings. The van der Waals surface area contributed by atoms with Crippen molar-refractivity contribution >= 4 is 27.5 Å². The van der Waals surface area contributed by atoms with Gasteiger partial charge < -0.3 is 10.4 Å². The SMILES string of the molecule is CC(CO)C(C)NC(=O)c1nc2ccccc2s1. The van der Waals surface area contributed by atoms with Gasteiger partial charge in [0.2, 0.25) is 0 Å². The second kappa shape index (κ2) is 5.46. The lowest BCUT2D eigenvalue weighted by molar-refractivity contribution is 0.0916. The van der Waals surface area contributed by atoms with Gasteiger partial charge in [-0.05, 0) is 25.0 Å². The summed E-state index contributed by atoms with van der Waals surface area (Å²) in [6.07, 6.45) is 0. The summed E-state index contributed by atoms with van der Waals surface area (Å²) in [4.78, 5) is 16.3. The number of rotatable bonds is 4. The van der Waals surface area contributed by atoms with Gasteiger partial charge in [0, 0.05) is 12.6 Å². The standard InChI is InChI=1S/C13H16N2O2S/c1-8(7-16)9(2)14-12(17)13-15-10-5-3-4-6-11(10)18-13/h3-6,8-9,16H,7H2,1-2H3,(H,14,17). The van der Waals surface area contributed by atoms with Crippen LogP contribution in [0.25, 0.3) is 10.2 Å². The Balaban J connectivity index is 2.13. The summed E-state index contributed by atoms with van der Waals surface area (Å²) in [5.74, 6) is -0.146. The average molecular weight is 264 g/mol. The molecule has 0 aliphatic rings. The molecule has 0 fully saturated rings. The fraction of sp³-hybridized carbons (Fsp3) is 0.385. The lowest BCUT2D eigenvalue weighted by Crippen LogP contribution is -2.38. The predicted octanol–water partition coefficient (Wildman–Crippen LogP) is 2.04. The van der Waals surface area contributed by atoms with Crippen molar-refractivity contribution in [1.29, 1.82) is 0 Å². The molecule has 1 heterocycles. The van der Waals surface area contributed by atoms with Crippen LogP contribution < -0.4 is 5.32 Å². The van der Waals surface area contributed by atoms with Crippen LogP contribution in [0.3, 0.4) is 0 Å². The van der Waals surface area contributed by atoms with Crippen LogP contribution >= 0.6 is 11.3 Å². The lowest BCUT2D eigenvalue weighted by Gasteiger charge is -2.18. The topological polar surface area (TPSA) is 62.2 Å². The molecule has 5 heteroatoms. The third-order valence-corrected chi connectivity index (χ3v) is 4.02. The molecule has 96 valence electrons. The van der Waals surface area contributed by atoms with E-state index in [1.165, 1.54) is 11.3 Å². The fourth-order valence-electron chi connectivity index (χ4n) is 1.54. The first-order chi connectivity index (χ1) is 8.61. The van der Waals surface area contributed by atoms with Crippen LogP contribution in [-0.2, 0) is 0 Å². The van der Waals surface area contributed by atoms with Gasteiger partial charge in [0.05, 0.1) is 10.2 Å². The van der Waals surface area contributed by atoms with E-state index in [1.54, 1.807) is 0 Å². The van der Waals surface area contributed by atoms with Crippen molar-refractivity contribution in [2.75, 3.05) is 6.61 Å². The second-order valence-corrected chi connectivity index (χ2v) is 5.44. The Morgan fingerprint density at radius 3 is 2.83 bits per heavy atom. The Morgan fingerprint density at radius 1 is 1.44 bits per heavy atom. The van der Waals surface area contributed by atoms with E-state index in [2.05, 4.69) is 10.3 Å². The Labute approximate surface area is 110 Å². The first-order valence-electron chi connectivity index (χ1n) is 5.89. The second-order valence-electron chi connectivity index (χ2n) is 4.41. The summed E-state index contributed by atoms with van der Waals surface area (Å²) in [6.45, 7) is 3.83. The summed E-state index contributed by atoms with van der Waals surface area (Å²) in [7, 11) is 0. The van der Waals surface area contributed by atoms with E-state index < -0.39 is 0 Å². The number of hydrogen-bond donors (Lipinski definition) is 2. The monoisotopic (exact) mass is 264 g/mol. The van der Waals surface area contributed by atoms with E-state index in [4.69, 9.17) is 5.11 Å². The lowest BCUT2D eigenvalue weighted by atomic mass is 10.1. The van der Waals surface area contributed by atoms with Gasteiger partial charge in [0.15, 0.2) is 5.01 Å². The van der Waals surface area contributed by atoms with E-state index in [1.807, 2.05) is 38.1 Å². The molecule has 1 aromatic heterocycles. The van der Waals surface area contributed by atoms with Gasteiger partial charge in [0.1, 0.15) is 0 Å². The van der Waals surface area contributed by atoms with Crippen molar-refractivity contribution in [2.24, 2.45) is 5.92 Å². The molecule has 2 rings (SSSR count). The molecule has 0 saturated carbocycles. The molecule has 0 spiro atoms. The predicted molar refractivity (Wildman–Crippen MR) is 72.8 cm³/mol. The average Bonchev–Trinajstić information content (AvgIpc) is 2.81. The Bertz CT molecular complexity index is 520. The quantitative estimate of drug-likeness (QED) is 0.888. The van der Waals surface area contributed by atoms with Crippen molar-refractivity contribution < 1.29 is 9.90 Å². The molecule has 0 saturated heterocycles. The fourth-order valence-corrected chi connectivity index (χ4v) is 2.41. The summed E-state index contributed by atoms with van der Waals surface area (Å²) in [5, 5.41) is 12.4. The molecule has 0 aliphatic carbocycles. The number of nitrogens with zero attached hydrogens (tertiary/aromatic N) is 1. The van der Waals surface area contributed by atoms with Gasteiger partial charge in [-0.2, -0.15) is 0 Å².